The fourth-order valence-electron chi connectivity index (χ4n) is 2.99. The number of hydrogen-bond acceptors (Lipinski definition) is 8. The van der Waals surface area contributed by atoms with E-state index in [0.29, 0.717) is 18.9 Å². The molecule has 0 unspecified atom stereocenters. The molecule has 1 fully saturated rings. The summed E-state index contributed by atoms with van der Waals surface area (Å²) in [5.74, 6) is 0.325. The van der Waals surface area contributed by atoms with Crippen LogP contribution in [0.15, 0.2) is 41.6 Å². The first-order valence-corrected chi connectivity index (χ1v) is 10.8. The van der Waals surface area contributed by atoms with Crippen molar-refractivity contribution in [1.29, 1.82) is 5.41 Å². The minimum Gasteiger partial charge on any atom is -0.375 e. The third-order valence-electron chi connectivity index (χ3n) is 4.52. The quantitative estimate of drug-likeness (QED) is 0.360. The van der Waals surface area contributed by atoms with Gasteiger partial charge in [0.15, 0.2) is 26.6 Å². The van der Waals surface area contributed by atoms with Crippen LogP contribution in [-0.4, -0.2) is 73.7 Å². The molecular formula is C18H23N7O2S2. The van der Waals surface area contributed by atoms with Crippen LogP contribution in [0.1, 0.15) is 5.69 Å². The minimum atomic E-state index is -3.59. The lowest BCUT2D eigenvalue weighted by atomic mass is 10.2. The number of rotatable bonds is 5. The van der Waals surface area contributed by atoms with Gasteiger partial charge in [-0.2, -0.15) is 0 Å². The number of hydrogen-bond donors (Lipinski definition) is 3. The molecule has 0 atom stereocenters. The lowest BCUT2D eigenvalue weighted by Crippen LogP contribution is -2.52. The number of aromatic nitrogens is 2. The third-order valence-corrected chi connectivity index (χ3v) is 6.84. The summed E-state index contributed by atoms with van der Waals surface area (Å²) in [6, 6.07) is 6.72. The molecule has 0 amide bonds. The van der Waals surface area contributed by atoms with Crippen molar-refractivity contribution < 1.29 is 8.42 Å². The van der Waals surface area contributed by atoms with Gasteiger partial charge in [0.05, 0.1) is 15.8 Å². The number of thiocarbonyl (C=S) groups is 1. The zero-order valence-corrected chi connectivity index (χ0v) is 18.0. The van der Waals surface area contributed by atoms with E-state index in [1.807, 2.05) is 43.1 Å². The molecule has 1 saturated heterocycles. The Kier molecular flexibility index (Phi) is 6.10. The van der Waals surface area contributed by atoms with Crippen LogP contribution in [0.25, 0.3) is 0 Å². The Bertz CT molecular complexity index is 1030. The van der Waals surface area contributed by atoms with Crippen molar-refractivity contribution in [2.75, 3.05) is 44.4 Å². The van der Waals surface area contributed by atoms with E-state index in [2.05, 4.69) is 20.6 Å². The number of sulfone groups is 1. The molecule has 154 valence electrons. The SMILES string of the molecule is CN1CC(S(=O)(=O)c2cccnc2C(=N)NC(=S)Nc2ncccc2N(C)C)C1. The number of amidine groups is 1. The van der Waals surface area contributed by atoms with Gasteiger partial charge in [-0.05, 0) is 43.5 Å². The van der Waals surface area contributed by atoms with E-state index in [1.54, 1.807) is 12.3 Å². The van der Waals surface area contributed by atoms with Crippen LogP contribution in [0.2, 0.25) is 0 Å². The highest BCUT2D eigenvalue weighted by molar-refractivity contribution is 7.92. The molecule has 3 heterocycles. The Hall–Kier alpha value is -2.63. The van der Waals surface area contributed by atoms with Crippen LogP contribution in [-0.2, 0) is 9.84 Å². The maximum absolute atomic E-state index is 12.9. The Morgan fingerprint density at radius 1 is 1.24 bits per heavy atom. The van der Waals surface area contributed by atoms with Crippen molar-refractivity contribution in [3.8, 4) is 0 Å². The van der Waals surface area contributed by atoms with Gasteiger partial charge in [0, 0.05) is 39.6 Å². The molecule has 2 aromatic heterocycles. The van der Waals surface area contributed by atoms with Crippen molar-refractivity contribution in [3.05, 3.63) is 42.4 Å². The molecule has 0 aliphatic carbocycles. The molecule has 0 bridgehead atoms. The van der Waals surface area contributed by atoms with E-state index in [4.69, 9.17) is 17.6 Å². The second-order valence-corrected chi connectivity index (χ2v) is 9.56. The maximum atomic E-state index is 12.9. The lowest BCUT2D eigenvalue weighted by Gasteiger charge is -2.35. The van der Waals surface area contributed by atoms with Crippen LogP contribution in [0.5, 0.6) is 0 Å². The molecule has 2 aromatic rings. The van der Waals surface area contributed by atoms with Gasteiger partial charge in [-0.3, -0.25) is 10.4 Å². The Labute approximate surface area is 175 Å². The average molecular weight is 434 g/mol. The fourth-order valence-corrected chi connectivity index (χ4v) is 5.14. The van der Waals surface area contributed by atoms with Gasteiger partial charge in [-0.15, -0.1) is 0 Å². The van der Waals surface area contributed by atoms with Gasteiger partial charge in [0.1, 0.15) is 5.69 Å². The van der Waals surface area contributed by atoms with Crippen LogP contribution in [0.3, 0.4) is 0 Å². The molecule has 0 spiro atoms. The molecule has 3 N–H and O–H groups in total. The molecule has 1 aliphatic heterocycles. The predicted octanol–water partition coefficient (Wildman–Crippen LogP) is 0.942. The Balaban J connectivity index is 1.78. The topological polar surface area (TPSA) is 114 Å². The fraction of sp³-hybridized carbons (Fsp3) is 0.333. The number of nitrogens with zero attached hydrogens (tertiary/aromatic N) is 4. The summed E-state index contributed by atoms with van der Waals surface area (Å²) in [6.45, 7) is 0.925. The molecular weight excluding hydrogens is 410 g/mol. The van der Waals surface area contributed by atoms with Crippen molar-refractivity contribution in [1.82, 2.24) is 20.2 Å². The van der Waals surface area contributed by atoms with Gasteiger partial charge >= 0.3 is 0 Å². The molecule has 0 radical (unpaired) electrons. The van der Waals surface area contributed by atoms with E-state index < -0.39 is 15.1 Å². The van der Waals surface area contributed by atoms with Gasteiger partial charge in [-0.1, -0.05) is 0 Å². The Morgan fingerprint density at radius 3 is 2.55 bits per heavy atom. The normalized spacial score (nSPS) is 14.7. The lowest BCUT2D eigenvalue weighted by molar-refractivity contribution is 0.232. The molecule has 0 aromatic carbocycles. The van der Waals surface area contributed by atoms with Crippen LogP contribution < -0.4 is 15.5 Å². The first-order valence-electron chi connectivity index (χ1n) is 8.87. The van der Waals surface area contributed by atoms with Gasteiger partial charge in [-0.25, -0.2) is 13.4 Å². The predicted molar refractivity (Wildman–Crippen MR) is 117 cm³/mol. The van der Waals surface area contributed by atoms with Gasteiger partial charge < -0.3 is 20.4 Å². The van der Waals surface area contributed by atoms with Crippen molar-refractivity contribution in [3.63, 3.8) is 0 Å². The van der Waals surface area contributed by atoms with Crippen LogP contribution >= 0.6 is 12.2 Å². The molecule has 0 saturated carbocycles. The molecule has 29 heavy (non-hydrogen) atoms. The van der Waals surface area contributed by atoms with E-state index in [-0.39, 0.29) is 21.5 Å². The van der Waals surface area contributed by atoms with Crippen molar-refractivity contribution in [2.24, 2.45) is 0 Å². The van der Waals surface area contributed by atoms with Crippen molar-refractivity contribution in [2.45, 2.75) is 10.1 Å². The standard InChI is InChI=1S/C18H23N7O2S2/c1-24(2)13-6-4-9-21-17(13)23-18(28)22-16(19)15-14(7-5-8-20-15)29(26,27)12-10-25(3)11-12/h4-9,12H,10-11H2,1-3H3,(H3,19,21,22,23,28). The monoisotopic (exact) mass is 433 g/mol. The maximum Gasteiger partial charge on any atom is 0.186 e. The van der Waals surface area contributed by atoms with Crippen molar-refractivity contribution >= 4 is 44.5 Å². The third kappa shape index (κ3) is 4.52. The highest BCUT2D eigenvalue weighted by atomic mass is 32.2. The van der Waals surface area contributed by atoms with E-state index in [0.717, 1.165) is 5.69 Å². The number of nitrogens with one attached hydrogen (secondary N) is 3. The van der Waals surface area contributed by atoms with E-state index in [1.165, 1.54) is 12.3 Å². The first-order chi connectivity index (χ1) is 13.7. The largest absolute Gasteiger partial charge is 0.375 e. The summed E-state index contributed by atoms with van der Waals surface area (Å²) in [5, 5.41) is 13.6. The number of anilines is 2. The molecule has 11 heteroatoms. The highest BCUT2D eigenvalue weighted by Gasteiger charge is 2.38. The molecule has 1 aliphatic rings. The summed E-state index contributed by atoms with van der Waals surface area (Å²) in [4.78, 5) is 12.2. The highest BCUT2D eigenvalue weighted by Crippen LogP contribution is 2.25. The first kappa shape index (κ1) is 21.1. The Morgan fingerprint density at radius 2 is 1.90 bits per heavy atom. The summed E-state index contributed by atoms with van der Waals surface area (Å²) in [7, 11) is 2.03. The summed E-state index contributed by atoms with van der Waals surface area (Å²) >= 11 is 5.29. The smallest absolute Gasteiger partial charge is 0.186 e. The molecule has 9 nitrogen and oxygen atoms in total. The zero-order chi connectivity index (χ0) is 21.2. The summed E-state index contributed by atoms with van der Waals surface area (Å²) in [5.41, 5.74) is 0.860. The minimum absolute atomic E-state index is 0.0326. The van der Waals surface area contributed by atoms with Crippen LogP contribution in [0, 0.1) is 5.41 Å². The number of pyridine rings is 2. The zero-order valence-electron chi connectivity index (χ0n) is 16.4. The molecule has 3 rings (SSSR count). The van der Waals surface area contributed by atoms with Gasteiger partial charge in [0.2, 0.25) is 0 Å². The van der Waals surface area contributed by atoms with E-state index >= 15 is 0 Å². The second kappa shape index (κ2) is 8.39. The average Bonchev–Trinajstić information content (AvgIpc) is 2.65. The summed E-state index contributed by atoms with van der Waals surface area (Å²) in [6.07, 6.45) is 3.08. The summed E-state index contributed by atoms with van der Waals surface area (Å²) < 4.78 is 25.9. The van der Waals surface area contributed by atoms with Gasteiger partial charge in [0.25, 0.3) is 0 Å². The van der Waals surface area contributed by atoms with Crippen LogP contribution in [0.4, 0.5) is 11.5 Å². The van der Waals surface area contributed by atoms with E-state index in [9.17, 15) is 8.42 Å². The second-order valence-electron chi connectivity index (χ2n) is 6.96. The number of likely N-dealkylation sites (tertiary alicyclic amines) is 1.